The fourth-order valence-corrected chi connectivity index (χ4v) is 2.31. The predicted octanol–water partition coefficient (Wildman–Crippen LogP) is 1.81. The molecular weight excluding hydrogens is 232 g/mol. The molecule has 0 fully saturated rings. The Morgan fingerprint density at radius 2 is 2.50 bits per heavy atom. The van der Waals surface area contributed by atoms with Crippen molar-refractivity contribution in [2.45, 2.75) is 32.0 Å². The topological polar surface area (TPSA) is 65.1 Å². The van der Waals surface area contributed by atoms with Gasteiger partial charge in [0.2, 0.25) is 5.95 Å². The number of hydrogen-bond acceptors (Lipinski definition) is 5. The van der Waals surface area contributed by atoms with Crippen LogP contribution in [0.2, 0.25) is 0 Å². The molecule has 3 heterocycles. The maximum Gasteiger partial charge on any atom is 0.222 e. The Morgan fingerprint density at radius 1 is 1.61 bits per heavy atom. The van der Waals surface area contributed by atoms with Gasteiger partial charge >= 0.3 is 0 Å². The minimum absolute atomic E-state index is 0.101. The zero-order chi connectivity index (χ0) is 12.5. The van der Waals surface area contributed by atoms with E-state index in [1.807, 2.05) is 16.8 Å². The van der Waals surface area contributed by atoms with Crippen LogP contribution in [0.15, 0.2) is 22.8 Å². The van der Waals surface area contributed by atoms with Crippen molar-refractivity contribution in [1.82, 2.24) is 14.8 Å². The van der Waals surface area contributed by atoms with Crippen molar-refractivity contribution in [1.29, 1.82) is 0 Å². The fraction of sp³-hybridized carbons (Fsp3) is 0.500. The van der Waals surface area contributed by atoms with Crippen molar-refractivity contribution < 1.29 is 9.15 Å². The molecular formula is C12H16N4O2. The van der Waals surface area contributed by atoms with E-state index in [-0.39, 0.29) is 6.04 Å². The molecule has 0 saturated heterocycles. The standard InChI is InChI=1S/C12H16N4O2/c1-8-6-9(10-4-3-5-18-10)16-12(13-8)14-11(15-16)7-17-2/h3-5,8-9H,6-7H2,1-2H3,(H,13,14,15). The van der Waals surface area contributed by atoms with Crippen molar-refractivity contribution in [2.24, 2.45) is 0 Å². The Morgan fingerprint density at radius 3 is 3.22 bits per heavy atom. The van der Waals surface area contributed by atoms with Crippen molar-refractivity contribution >= 4 is 5.95 Å². The van der Waals surface area contributed by atoms with Gasteiger partial charge in [-0.1, -0.05) is 0 Å². The lowest BCUT2D eigenvalue weighted by Gasteiger charge is -2.27. The quantitative estimate of drug-likeness (QED) is 0.897. The second-order valence-corrected chi connectivity index (χ2v) is 4.54. The van der Waals surface area contributed by atoms with Gasteiger partial charge in [-0.15, -0.1) is 0 Å². The third kappa shape index (κ3) is 1.88. The van der Waals surface area contributed by atoms with Crippen LogP contribution in [0.25, 0.3) is 0 Å². The van der Waals surface area contributed by atoms with E-state index in [1.54, 1.807) is 13.4 Å². The molecule has 6 nitrogen and oxygen atoms in total. The van der Waals surface area contributed by atoms with Gasteiger partial charge in [0.15, 0.2) is 5.82 Å². The number of aromatic nitrogens is 3. The van der Waals surface area contributed by atoms with E-state index in [9.17, 15) is 0 Å². The highest BCUT2D eigenvalue weighted by atomic mass is 16.5. The summed E-state index contributed by atoms with van der Waals surface area (Å²) in [7, 11) is 1.64. The highest BCUT2D eigenvalue weighted by molar-refractivity contribution is 5.32. The summed E-state index contributed by atoms with van der Waals surface area (Å²) < 4.78 is 12.5. The molecule has 96 valence electrons. The van der Waals surface area contributed by atoms with E-state index < -0.39 is 0 Å². The molecule has 6 heteroatoms. The second-order valence-electron chi connectivity index (χ2n) is 4.54. The number of ether oxygens (including phenoxy) is 1. The molecule has 2 aromatic heterocycles. The molecule has 0 aliphatic carbocycles. The van der Waals surface area contributed by atoms with E-state index >= 15 is 0 Å². The van der Waals surface area contributed by atoms with E-state index in [1.165, 1.54) is 0 Å². The summed E-state index contributed by atoms with van der Waals surface area (Å²) in [4.78, 5) is 4.43. The van der Waals surface area contributed by atoms with Crippen molar-refractivity contribution in [3.05, 3.63) is 30.0 Å². The maximum absolute atomic E-state index is 5.50. The first-order valence-electron chi connectivity index (χ1n) is 6.02. The van der Waals surface area contributed by atoms with E-state index in [0.717, 1.165) is 18.1 Å². The molecule has 0 spiro atoms. The molecule has 2 atom stereocenters. The summed E-state index contributed by atoms with van der Waals surface area (Å²) in [5.74, 6) is 2.38. The van der Waals surface area contributed by atoms with Gasteiger partial charge in [-0.2, -0.15) is 10.1 Å². The Hall–Kier alpha value is -1.82. The molecule has 0 saturated carbocycles. The summed E-state index contributed by atoms with van der Waals surface area (Å²) in [6.45, 7) is 2.55. The van der Waals surface area contributed by atoms with E-state index in [4.69, 9.17) is 9.15 Å². The molecule has 1 aliphatic heterocycles. The number of nitrogens with zero attached hydrogens (tertiary/aromatic N) is 3. The van der Waals surface area contributed by atoms with Crippen LogP contribution in [-0.4, -0.2) is 27.9 Å². The fourth-order valence-electron chi connectivity index (χ4n) is 2.31. The first-order valence-corrected chi connectivity index (χ1v) is 6.02. The Kier molecular flexibility index (Phi) is 2.79. The Balaban J connectivity index is 1.98. The molecule has 1 N–H and O–H groups in total. The smallest absolute Gasteiger partial charge is 0.222 e. The summed E-state index contributed by atoms with van der Waals surface area (Å²) in [5.41, 5.74) is 0. The van der Waals surface area contributed by atoms with Gasteiger partial charge in [-0.25, -0.2) is 4.68 Å². The third-order valence-electron chi connectivity index (χ3n) is 3.07. The van der Waals surface area contributed by atoms with Gasteiger partial charge in [-0.3, -0.25) is 0 Å². The van der Waals surface area contributed by atoms with Gasteiger partial charge in [0.25, 0.3) is 0 Å². The SMILES string of the molecule is COCc1nc2n(n1)C(c1ccco1)CC(C)N2. The van der Waals surface area contributed by atoms with Gasteiger partial charge < -0.3 is 14.5 Å². The molecule has 2 unspecified atom stereocenters. The van der Waals surface area contributed by atoms with Crippen LogP contribution in [-0.2, 0) is 11.3 Å². The zero-order valence-electron chi connectivity index (χ0n) is 10.5. The van der Waals surface area contributed by atoms with Crippen LogP contribution >= 0.6 is 0 Å². The van der Waals surface area contributed by atoms with Crippen LogP contribution in [0.1, 0.15) is 31.0 Å². The first-order chi connectivity index (χ1) is 8.78. The highest BCUT2D eigenvalue weighted by Gasteiger charge is 2.29. The highest BCUT2D eigenvalue weighted by Crippen LogP contribution is 2.31. The summed E-state index contributed by atoms with van der Waals surface area (Å²) >= 11 is 0. The van der Waals surface area contributed by atoms with Crippen molar-refractivity contribution in [3.8, 4) is 0 Å². The van der Waals surface area contributed by atoms with Crippen LogP contribution in [0.4, 0.5) is 5.95 Å². The largest absolute Gasteiger partial charge is 0.467 e. The lowest BCUT2D eigenvalue weighted by molar-refractivity contribution is 0.177. The van der Waals surface area contributed by atoms with Gasteiger partial charge in [0.05, 0.1) is 6.26 Å². The second kappa shape index (κ2) is 4.45. The minimum Gasteiger partial charge on any atom is -0.467 e. The summed E-state index contributed by atoms with van der Waals surface area (Å²) in [6.07, 6.45) is 2.62. The lowest BCUT2D eigenvalue weighted by Crippen LogP contribution is -2.30. The molecule has 18 heavy (non-hydrogen) atoms. The summed E-state index contributed by atoms with van der Waals surface area (Å²) in [6, 6.07) is 4.32. The van der Waals surface area contributed by atoms with Crippen LogP contribution in [0, 0.1) is 0 Å². The predicted molar refractivity (Wildman–Crippen MR) is 65.3 cm³/mol. The van der Waals surface area contributed by atoms with E-state index in [0.29, 0.717) is 18.5 Å². The van der Waals surface area contributed by atoms with Crippen LogP contribution in [0.5, 0.6) is 0 Å². The normalized spacial score (nSPS) is 22.6. The van der Waals surface area contributed by atoms with Gasteiger partial charge in [-0.05, 0) is 25.5 Å². The zero-order valence-corrected chi connectivity index (χ0v) is 10.5. The number of rotatable bonds is 3. The molecule has 0 radical (unpaired) electrons. The third-order valence-corrected chi connectivity index (χ3v) is 3.07. The van der Waals surface area contributed by atoms with E-state index in [2.05, 4.69) is 22.3 Å². The number of methoxy groups -OCH3 is 1. The molecule has 3 rings (SSSR count). The Labute approximate surface area is 105 Å². The molecule has 1 aliphatic rings. The monoisotopic (exact) mass is 248 g/mol. The first kappa shape index (κ1) is 11.3. The summed E-state index contributed by atoms with van der Waals surface area (Å²) in [5, 5.41) is 7.79. The van der Waals surface area contributed by atoms with Crippen molar-refractivity contribution in [2.75, 3.05) is 12.4 Å². The van der Waals surface area contributed by atoms with Gasteiger partial charge in [0, 0.05) is 13.2 Å². The molecule has 0 amide bonds. The van der Waals surface area contributed by atoms with Gasteiger partial charge in [0.1, 0.15) is 18.4 Å². The maximum atomic E-state index is 5.50. The minimum atomic E-state index is 0.101. The average molecular weight is 248 g/mol. The van der Waals surface area contributed by atoms with Crippen LogP contribution < -0.4 is 5.32 Å². The number of anilines is 1. The average Bonchev–Trinajstić information content (AvgIpc) is 2.96. The number of furan rings is 1. The van der Waals surface area contributed by atoms with Crippen molar-refractivity contribution in [3.63, 3.8) is 0 Å². The van der Waals surface area contributed by atoms with Crippen LogP contribution in [0.3, 0.4) is 0 Å². The number of fused-ring (bicyclic) bond motifs is 1. The Bertz CT molecular complexity index is 520. The lowest BCUT2D eigenvalue weighted by atomic mass is 10.0. The number of nitrogens with one attached hydrogen (secondary N) is 1. The molecule has 0 bridgehead atoms. The molecule has 2 aromatic rings. The molecule has 0 aromatic carbocycles. The number of hydrogen-bond donors (Lipinski definition) is 1.